The number of benzene rings is 2. The minimum atomic E-state index is -1.49. The lowest BCUT2D eigenvalue weighted by Gasteiger charge is -2.19. The monoisotopic (exact) mass is 610 g/mol. The number of nitrogens with one attached hydrogen (secondary N) is 3. The Labute approximate surface area is 251 Å². The Morgan fingerprint density at radius 2 is 1.66 bits per heavy atom. The Morgan fingerprint density at radius 3 is 2.36 bits per heavy atom. The highest BCUT2D eigenvalue weighted by atomic mass is 16.6. The second kappa shape index (κ2) is 15.6. The summed E-state index contributed by atoms with van der Waals surface area (Å²) >= 11 is 0. The van der Waals surface area contributed by atoms with Gasteiger partial charge < -0.3 is 29.7 Å². The fraction of sp³-hybridized carbons (Fsp3) is 0.367. The summed E-state index contributed by atoms with van der Waals surface area (Å²) in [5.74, 6) is -1.11. The first-order chi connectivity index (χ1) is 21.2. The lowest BCUT2D eigenvalue weighted by Crippen LogP contribution is -2.40. The van der Waals surface area contributed by atoms with Gasteiger partial charge in [-0.25, -0.2) is 9.59 Å². The van der Waals surface area contributed by atoms with Crippen molar-refractivity contribution >= 4 is 23.7 Å². The van der Waals surface area contributed by atoms with Gasteiger partial charge in [-0.05, 0) is 30.5 Å². The van der Waals surface area contributed by atoms with E-state index < -0.39 is 59.9 Å². The van der Waals surface area contributed by atoms with Crippen LogP contribution in [0.15, 0.2) is 82.5 Å². The number of aliphatic hydroxyl groups is 2. The van der Waals surface area contributed by atoms with E-state index in [1.54, 1.807) is 24.3 Å². The zero-order valence-electron chi connectivity index (χ0n) is 23.7. The van der Waals surface area contributed by atoms with Gasteiger partial charge in [0, 0.05) is 30.9 Å². The number of hydrogen-bond donors (Lipinski definition) is 5. The van der Waals surface area contributed by atoms with Crippen molar-refractivity contribution in [3.05, 3.63) is 99.3 Å². The highest BCUT2D eigenvalue weighted by Gasteiger charge is 2.44. The molecule has 3 aromatic rings. The minimum Gasteiger partial charge on any atom is -0.466 e. The molecule has 0 saturated carbocycles. The summed E-state index contributed by atoms with van der Waals surface area (Å²) in [5, 5.41) is 25.8. The fourth-order valence-electron chi connectivity index (χ4n) is 4.56. The Morgan fingerprint density at radius 1 is 0.955 bits per heavy atom. The van der Waals surface area contributed by atoms with E-state index >= 15 is 0 Å². The Kier molecular flexibility index (Phi) is 11.4. The summed E-state index contributed by atoms with van der Waals surface area (Å²) in [4.78, 5) is 62.2. The third kappa shape index (κ3) is 9.10. The number of hydrogen-bond acceptors (Lipinski definition) is 10. The van der Waals surface area contributed by atoms with Crippen LogP contribution in [0.2, 0.25) is 0 Å². The molecule has 2 aromatic carbocycles. The molecule has 0 radical (unpaired) electrons. The zero-order valence-corrected chi connectivity index (χ0v) is 23.7. The molecule has 0 aliphatic carbocycles. The van der Waals surface area contributed by atoms with Crippen molar-refractivity contribution in [1.29, 1.82) is 0 Å². The van der Waals surface area contributed by atoms with Crippen LogP contribution in [0.4, 0.5) is 10.5 Å². The molecule has 2 amide bonds. The van der Waals surface area contributed by atoms with Gasteiger partial charge in [-0.3, -0.25) is 29.3 Å². The van der Waals surface area contributed by atoms with E-state index in [2.05, 4.69) is 10.6 Å². The predicted molar refractivity (Wildman–Crippen MR) is 155 cm³/mol. The van der Waals surface area contributed by atoms with Crippen LogP contribution in [-0.4, -0.2) is 69.2 Å². The Bertz CT molecular complexity index is 1510. The second-order valence-corrected chi connectivity index (χ2v) is 10.0. The van der Waals surface area contributed by atoms with Crippen molar-refractivity contribution in [2.24, 2.45) is 0 Å². The number of para-hydroxylation sites is 1. The van der Waals surface area contributed by atoms with Crippen LogP contribution in [0.5, 0.6) is 0 Å². The van der Waals surface area contributed by atoms with E-state index in [0.717, 1.165) is 22.4 Å². The molecular formula is C30H34N4O10. The van der Waals surface area contributed by atoms with E-state index in [1.807, 2.05) is 41.4 Å². The van der Waals surface area contributed by atoms with Gasteiger partial charge in [-0.1, -0.05) is 48.5 Å². The number of rotatable bonds is 13. The van der Waals surface area contributed by atoms with Crippen molar-refractivity contribution in [2.75, 3.05) is 18.5 Å². The number of ether oxygens (including phenoxy) is 3. The molecule has 5 unspecified atom stereocenters. The third-order valence-corrected chi connectivity index (χ3v) is 6.83. The van der Waals surface area contributed by atoms with Crippen LogP contribution in [0.1, 0.15) is 43.6 Å². The van der Waals surface area contributed by atoms with Crippen LogP contribution in [-0.2, 0) is 23.8 Å². The predicted octanol–water partition coefficient (Wildman–Crippen LogP) is 1.37. The number of esters is 1. The molecule has 5 atom stereocenters. The van der Waals surface area contributed by atoms with Gasteiger partial charge in [0.05, 0.1) is 13.0 Å². The highest BCUT2D eigenvalue weighted by molar-refractivity contribution is 5.84. The fourth-order valence-corrected chi connectivity index (χ4v) is 4.56. The number of H-pyrrole nitrogens is 1. The van der Waals surface area contributed by atoms with Crippen LogP contribution < -0.4 is 21.9 Å². The van der Waals surface area contributed by atoms with Crippen molar-refractivity contribution in [3.8, 4) is 0 Å². The average molecular weight is 611 g/mol. The number of nitrogens with zero attached hydrogens (tertiary/aromatic N) is 1. The van der Waals surface area contributed by atoms with Crippen molar-refractivity contribution in [2.45, 2.75) is 56.3 Å². The van der Waals surface area contributed by atoms with Crippen molar-refractivity contribution in [3.63, 3.8) is 0 Å². The quantitative estimate of drug-likeness (QED) is 0.139. The summed E-state index contributed by atoms with van der Waals surface area (Å²) < 4.78 is 17.3. The minimum absolute atomic E-state index is 0.0545. The molecule has 1 aliphatic rings. The second-order valence-electron chi connectivity index (χ2n) is 10.0. The smallest absolute Gasteiger partial charge is 0.412 e. The molecule has 1 saturated heterocycles. The van der Waals surface area contributed by atoms with Gasteiger partial charge >= 0.3 is 17.8 Å². The van der Waals surface area contributed by atoms with Gasteiger partial charge in [0.25, 0.3) is 5.56 Å². The molecule has 0 bridgehead atoms. The Balaban J connectivity index is 1.16. The summed E-state index contributed by atoms with van der Waals surface area (Å²) in [5.41, 5.74) is -0.0671. The summed E-state index contributed by atoms with van der Waals surface area (Å²) in [6.45, 7) is -0.140. The van der Waals surface area contributed by atoms with Gasteiger partial charge in [0.15, 0.2) is 6.23 Å². The summed E-state index contributed by atoms with van der Waals surface area (Å²) in [6.07, 6.45) is -4.87. The molecule has 2 heterocycles. The Hall–Kier alpha value is -4.79. The van der Waals surface area contributed by atoms with Crippen LogP contribution in [0.25, 0.3) is 0 Å². The molecular weight excluding hydrogens is 576 g/mol. The average Bonchev–Trinajstić information content (AvgIpc) is 3.30. The first-order valence-corrected chi connectivity index (χ1v) is 14.0. The standard InChI is InChI=1S/C30H34N4O10/c35-23(31-18-22-26(38)27(39)28(43-22)34-16-15-24(36)33-29(34)40)13-14-25(37)42-17-7-12-21(19-8-3-1-4-9-19)44-30(41)32-20-10-5-2-6-11-20/h1-6,8-11,15-16,21-22,26-28,38-39H,7,12-14,17-18H2,(H,31,35)(H,32,41)(H,33,36,40). The molecule has 234 valence electrons. The summed E-state index contributed by atoms with van der Waals surface area (Å²) in [6, 6.07) is 19.2. The van der Waals surface area contributed by atoms with Crippen molar-refractivity contribution < 1.29 is 38.8 Å². The molecule has 14 nitrogen and oxygen atoms in total. The summed E-state index contributed by atoms with van der Waals surface area (Å²) in [7, 11) is 0. The number of anilines is 1. The zero-order chi connectivity index (χ0) is 31.5. The van der Waals surface area contributed by atoms with E-state index in [4.69, 9.17) is 14.2 Å². The molecule has 0 spiro atoms. The van der Waals surface area contributed by atoms with E-state index in [-0.39, 0.29) is 26.0 Å². The number of aliphatic hydroxyl groups excluding tert-OH is 2. The van der Waals surface area contributed by atoms with Crippen LogP contribution in [0.3, 0.4) is 0 Å². The van der Waals surface area contributed by atoms with Crippen LogP contribution >= 0.6 is 0 Å². The van der Waals surface area contributed by atoms with E-state index in [9.17, 15) is 34.2 Å². The largest absolute Gasteiger partial charge is 0.466 e. The first-order valence-electron chi connectivity index (χ1n) is 14.0. The molecule has 1 aliphatic heterocycles. The lowest BCUT2D eigenvalue weighted by atomic mass is 10.1. The van der Waals surface area contributed by atoms with Crippen LogP contribution in [0, 0.1) is 0 Å². The third-order valence-electron chi connectivity index (χ3n) is 6.83. The van der Waals surface area contributed by atoms with Gasteiger partial charge in [-0.15, -0.1) is 0 Å². The molecule has 4 rings (SSSR count). The topological polar surface area (TPSA) is 198 Å². The van der Waals surface area contributed by atoms with Gasteiger partial charge in [-0.2, -0.15) is 0 Å². The van der Waals surface area contributed by atoms with Crippen molar-refractivity contribution in [1.82, 2.24) is 14.9 Å². The molecule has 5 N–H and O–H groups in total. The molecule has 44 heavy (non-hydrogen) atoms. The number of carbonyl (C=O) groups is 3. The number of carbonyl (C=O) groups excluding carboxylic acids is 3. The first kappa shape index (κ1) is 32.1. The van der Waals surface area contributed by atoms with Gasteiger partial charge in [0.2, 0.25) is 5.91 Å². The molecule has 1 aromatic heterocycles. The number of aromatic amines is 1. The van der Waals surface area contributed by atoms with E-state index in [0.29, 0.717) is 18.5 Å². The molecule has 14 heteroatoms. The normalized spacial score (nSPS) is 20.0. The van der Waals surface area contributed by atoms with Gasteiger partial charge in [0.1, 0.15) is 24.4 Å². The molecule has 1 fully saturated rings. The maximum absolute atomic E-state index is 12.4. The van der Waals surface area contributed by atoms with E-state index in [1.165, 1.54) is 0 Å². The lowest BCUT2D eigenvalue weighted by molar-refractivity contribution is -0.145. The maximum Gasteiger partial charge on any atom is 0.412 e. The number of aromatic nitrogens is 2. The highest BCUT2D eigenvalue weighted by Crippen LogP contribution is 2.28. The SMILES string of the molecule is O=C(CCC(=O)OCCCC(OC(=O)Nc1ccccc1)c1ccccc1)NCC1OC(n2ccc(=O)[nH]c2=O)C(O)C1O. The number of amides is 2. The maximum atomic E-state index is 12.4.